The summed E-state index contributed by atoms with van der Waals surface area (Å²) in [6.07, 6.45) is 2.89. The van der Waals surface area contributed by atoms with E-state index in [2.05, 4.69) is 10.1 Å². The van der Waals surface area contributed by atoms with Crippen LogP contribution < -0.4 is 9.47 Å². The zero-order valence-electron chi connectivity index (χ0n) is 14.2. The lowest BCUT2D eigenvalue weighted by Crippen LogP contribution is -2.01. The normalized spacial score (nSPS) is 10.8. The van der Waals surface area contributed by atoms with E-state index in [0.29, 0.717) is 22.9 Å². The average molecular weight is 372 g/mol. The zero-order valence-corrected chi connectivity index (χ0v) is 15.0. The van der Waals surface area contributed by atoms with E-state index in [-0.39, 0.29) is 12.5 Å². The number of methoxy groups -OCH3 is 2. The molecule has 3 rings (SSSR count). The van der Waals surface area contributed by atoms with Crippen molar-refractivity contribution in [3.8, 4) is 22.2 Å². The highest BCUT2D eigenvalue weighted by molar-refractivity contribution is 7.13. The molecular formula is C18H16N2O5S. The van der Waals surface area contributed by atoms with E-state index in [9.17, 15) is 4.79 Å². The Bertz CT molecular complexity index is 902. The maximum atomic E-state index is 11.9. The number of esters is 1. The fraction of sp³-hybridized carbons (Fsp3) is 0.167. The summed E-state index contributed by atoms with van der Waals surface area (Å²) >= 11 is 1.50. The number of thiophene rings is 1. The summed E-state index contributed by atoms with van der Waals surface area (Å²) in [7, 11) is 3.12. The predicted octanol–water partition coefficient (Wildman–Crippen LogP) is 3.57. The van der Waals surface area contributed by atoms with Crippen molar-refractivity contribution < 1.29 is 23.5 Å². The van der Waals surface area contributed by atoms with Gasteiger partial charge in [0.25, 0.3) is 5.89 Å². The van der Waals surface area contributed by atoms with Gasteiger partial charge in [0.15, 0.2) is 6.61 Å². The summed E-state index contributed by atoms with van der Waals surface area (Å²) in [5.74, 6) is 1.45. The second-order valence-corrected chi connectivity index (χ2v) is 5.99. The first-order valence-electron chi connectivity index (χ1n) is 7.63. The molecule has 0 aliphatic carbocycles. The van der Waals surface area contributed by atoms with Crippen molar-refractivity contribution in [1.82, 2.24) is 10.1 Å². The van der Waals surface area contributed by atoms with Crippen LogP contribution in [-0.4, -0.2) is 30.3 Å². The van der Waals surface area contributed by atoms with Gasteiger partial charge >= 0.3 is 5.97 Å². The Morgan fingerprint density at radius 2 is 2.15 bits per heavy atom. The number of carbonyl (C=O) groups excluding carboxylic acids is 1. The predicted molar refractivity (Wildman–Crippen MR) is 96.0 cm³/mol. The minimum absolute atomic E-state index is 0.100. The molecule has 0 radical (unpaired) electrons. The van der Waals surface area contributed by atoms with Crippen molar-refractivity contribution in [2.24, 2.45) is 0 Å². The Morgan fingerprint density at radius 1 is 1.27 bits per heavy atom. The van der Waals surface area contributed by atoms with Crippen LogP contribution in [0.15, 0.2) is 46.3 Å². The van der Waals surface area contributed by atoms with Gasteiger partial charge in [0.05, 0.1) is 19.1 Å². The molecule has 0 atom stereocenters. The smallest absolute Gasteiger partial charge is 0.331 e. The van der Waals surface area contributed by atoms with Gasteiger partial charge in [-0.15, -0.1) is 11.3 Å². The fourth-order valence-electron chi connectivity index (χ4n) is 2.13. The first-order valence-corrected chi connectivity index (χ1v) is 8.51. The van der Waals surface area contributed by atoms with Crippen LogP contribution >= 0.6 is 11.3 Å². The molecule has 0 saturated carbocycles. The lowest BCUT2D eigenvalue weighted by molar-refractivity contribution is -0.139. The van der Waals surface area contributed by atoms with E-state index in [4.69, 9.17) is 18.7 Å². The Balaban J connectivity index is 1.60. The molecule has 0 unspecified atom stereocenters. The van der Waals surface area contributed by atoms with Crippen molar-refractivity contribution in [3.63, 3.8) is 0 Å². The molecule has 0 spiro atoms. The number of ether oxygens (including phenoxy) is 3. The number of hydrogen-bond acceptors (Lipinski definition) is 8. The Labute approximate surface area is 153 Å². The standard InChI is InChI=1S/C18H16N2O5S/c1-22-13-6-7-14(23-2)12(10-13)5-8-17(21)24-11-16-19-18(20-25-16)15-4-3-9-26-15/h3-10H,11H2,1-2H3/b8-5+. The minimum atomic E-state index is -0.536. The quantitative estimate of drug-likeness (QED) is 0.463. The topological polar surface area (TPSA) is 83.7 Å². The van der Waals surface area contributed by atoms with E-state index in [1.807, 2.05) is 17.5 Å². The number of carbonyl (C=O) groups is 1. The molecule has 1 aromatic carbocycles. The highest BCUT2D eigenvalue weighted by Gasteiger charge is 2.11. The van der Waals surface area contributed by atoms with Crippen LogP contribution in [0.4, 0.5) is 0 Å². The van der Waals surface area contributed by atoms with E-state index in [1.165, 1.54) is 17.4 Å². The lowest BCUT2D eigenvalue weighted by Gasteiger charge is -2.07. The van der Waals surface area contributed by atoms with Gasteiger partial charge in [-0.3, -0.25) is 0 Å². The zero-order chi connectivity index (χ0) is 18.4. The van der Waals surface area contributed by atoms with Crippen molar-refractivity contribution >= 4 is 23.4 Å². The van der Waals surface area contributed by atoms with Crippen LogP contribution in [-0.2, 0) is 16.1 Å². The molecule has 0 bridgehead atoms. The van der Waals surface area contributed by atoms with E-state index >= 15 is 0 Å². The van der Waals surface area contributed by atoms with E-state index in [1.54, 1.807) is 38.5 Å². The monoisotopic (exact) mass is 372 g/mol. The van der Waals surface area contributed by atoms with Crippen LogP contribution in [0.2, 0.25) is 0 Å². The highest BCUT2D eigenvalue weighted by atomic mass is 32.1. The first kappa shape index (κ1) is 17.7. The lowest BCUT2D eigenvalue weighted by atomic mass is 10.1. The molecule has 26 heavy (non-hydrogen) atoms. The third kappa shape index (κ3) is 4.28. The average Bonchev–Trinajstić information content (AvgIpc) is 3.35. The Hall–Kier alpha value is -3.13. The van der Waals surface area contributed by atoms with Gasteiger partial charge in [0, 0.05) is 11.6 Å². The van der Waals surface area contributed by atoms with Gasteiger partial charge < -0.3 is 18.7 Å². The molecule has 134 valence electrons. The first-order chi connectivity index (χ1) is 12.7. The minimum Gasteiger partial charge on any atom is -0.497 e. The highest BCUT2D eigenvalue weighted by Crippen LogP contribution is 2.25. The SMILES string of the molecule is COc1ccc(OC)c(/C=C/C(=O)OCc2nc(-c3cccs3)no2)c1. The molecule has 0 aliphatic rings. The Morgan fingerprint density at radius 3 is 2.88 bits per heavy atom. The summed E-state index contributed by atoms with van der Waals surface area (Å²) in [4.78, 5) is 17.0. The van der Waals surface area contributed by atoms with Crippen molar-refractivity contribution in [2.45, 2.75) is 6.61 Å². The summed E-state index contributed by atoms with van der Waals surface area (Å²) in [5.41, 5.74) is 0.696. The van der Waals surface area contributed by atoms with Gasteiger partial charge in [-0.2, -0.15) is 4.98 Å². The fourth-order valence-corrected chi connectivity index (χ4v) is 2.78. The second kappa shape index (κ2) is 8.30. The van der Waals surface area contributed by atoms with Gasteiger partial charge in [0.2, 0.25) is 5.82 Å². The van der Waals surface area contributed by atoms with Crippen molar-refractivity contribution in [2.75, 3.05) is 14.2 Å². The molecule has 7 nitrogen and oxygen atoms in total. The molecule has 0 amide bonds. The summed E-state index contributed by atoms with van der Waals surface area (Å²) in [6, 6.07) is 9.07. The maximum absolute atomic E-state index is 11.9. The van der Waals surface area contributed by atoms with Crippen LogP contribution in [0, 0.1) is 0 Å². The number of nitrogens with zero attached hydrogens (tertiary/aromatic N) is 2. The van der Waals surface area contributed by atoms with Crippen LogP contribution in [0.3, 0.4) is 0 Å². The molecule has 2 aromatic heterocycles. The van der Waals surface area contributed by atoms with E-state index < -0.39 is 5.97 Å². The number of aromatic nitrogens is 2. The molecule has 0 N–H and O–H groups in total. The molecule has 8 heteroatoms. The van der Waals surface area contributed by atoms with Crippen molar-refractivity contribution in [3.05, 3.63) is 53.2 Å². The van der Waals surface area contributed by atoms with Gasteiger partial charge in [-0.1, -0.05) is 11.2 Å². The summed E-state index contributed by atoms with van der Waals surface area (Å²) < 4.78 is 20.6. The van der Waals surface area contributed by atoms with Gasteiger partial charge in [0.1, 0.15) is 11.5 Å². The molecule has 0 fully saturated rings. The van der Waals surface area contributed by atoms with Crippen LogP contribution in [0.1, 0.15) is 11.5 Å². The third-order valence-electron chi connectivity index (χ3n) is 3.38. The molecular weight excluding hydrogens is 356 g/mol. The number of hydrogen-bond donors (Lipinski definition) is 0. The largest absolute Gasteiger partial charge is 0.497 e. The summed E-state index contributed by atoms with van der Waals surface area (Å²) in [5, 5.41) is 5.78. The van der Waals surface area contributed by atoms with Crippen molar-refractivity contribution in [1.29, 1.82) is 0 Å². The molecule has 2 heterocycles. The molecule has 0 saturated heterocycles. The molecule has 0 aliphatic heterocycles. The van der Waals surface area contributed by atoms with Gasteiger partial charge in [-0.05, 0) is 35.7 Å². The third-order valence-corrected chi connectivity index (χ3v) is 4.25. The van der Waals surface area contributed by atoms with Crippen LogP contribution in [0.5, 0.6) is 11.5 Å². The number of benzene rings is 1. The molecule has 3 aromatic rings. The van der Waals surface area contributed by atoms with E-state index in [0.717, 1.165) is 4.88 Å². The van der Waals surface area contributed by atoms with Gasteiger partial charge in [-0.25, -0.2) is 4.79 Å². The second-order valence-electron chi connectivity index (χ2n) is 5.04. The van der Waals surface area contributed by atoms with Crippen LogP contribution in [0.25, 0.3) is 16.8 Å². The maximum Gasteiger partial charge on any atom is 0.331 e. The number of rotatable bonds is 7. The Kier molecular flexibility index (Phi) is 5.65. The summed E-state index contributed by atoms with van der Waals surface area (Å²) in [6.45, 7) is -0.100.